The summed E-state index contributed by atoms with van der Waals surface area (Å²) in [6.07, 6.45) is 7.48. The lowest BCUT2D eigenvalue weighted by molar-refractivity contribution is 0.711. The number of hydrogen-bond donors (Lipinski definition) is 1. The Hall–Kier alpha value is -1.74. The number of hydrogen-bond acceptors (Lipinski definition) is 3. The van der Waals surface area contributed by atoms with E-state index in [4.69, 9.17) is 0 Å². The highest BCUT2D eigenvalue weighted by Gasteiger charge is 2.09. The third-order valence-electron chi connectivity index (χ3n) is 3.21. The highest BCUT2D eigenvalue weighted by atomic mass is 14.8. The summed E-state index contributed by atoms with van der Waals surface area (Å²) >= 11 is 0. The van der Waals surface area contributed by atoms with Gasteiger partial charge in [-0.3, -0.25) is 9.97 Å². The zero-order valence-electron chi connectivity index (χ0n) is 9.69. The molecule has 2 aromatic rings. The Morgan fingerprint density at radius 2 is 1.88 bits per heavy atom. The molecular formula is C14H15N3. The number of fused-ring (bicyclic) bond motifs is 1. The second-order valence-electron chi connectivity index (χ2n) is 4.32. The van der Waals surface area contributed by atoms with Gasteiger partial charge in [-0.25, -0.2) is 0 Å². The maximum atomic E-state index is 4.34. The van der Waals surface area contributed by atoms with Gasteiger partial charge in [-0.2, -0.15) is 0 Å². The van der Waals surface area contributed by atoms with Crippen LogP contribution in [0.5, 0.6) is 0 Å². The second kappa shape index (κ2) is 4.63. The zero-order chi connectivity index (χ0) is 11.5. The fourth-order valence-electron chi connectivity index (χ4n) is 2.28. The zero-order valence-corrected chi connectivity index (χ0v) is 9.69. The van der Waals surface area contributed by atoms with Crippen molar-refractivity contribution in [1.29, 1.82) is 0 Å². The highest BCUT2D eigenvalue weighted by molar-refractivity contribution is 5.60. The first-order chi connectivity index (χ1) is 8.43. The average Bonchev–Trinajstić information content (AvgIpc) is 2.64. The summed E-state index contributed by atoms with van der Waals surface area (Å²) in [4.78, 5) is 8.46. The molecule has 0 radical (unpaired) electrons. The van der Waals surface area contributed by atoms with Crippen LogP contribution in [0, 0.1) is 0 Å². The Morgan fingerprint density at radius 3 is 2.71 bits per heavy atom. The Labute approximate surface area is 101 Å². The maximum Gasteiger partial charge on any atom is 0.0885 e. The summed E-state index contributed by atoms with van der Waals surface area (Å²) in [7, 11) is 0. The minimum absolute atomic E-state index is 0.951. The predicted molar refractivity (Wildman–Crippen MR) is 67.7 cm³/mol. The van der Waals surface area contributed by atoms with E-state index in [9.17, 15) is 0 Å². The third kappa shape index (κ3) is 2.19. The normalized spacial score (nSPS) is 15.1. The monoisotopic (exact) mass is 225 g/mol. The molecule has 1 aliphatic rings. The van der Waals surface area contributed by atoms with Crippen LogP contribution in [0.4, 0.5) is 0 Å². The minimum Gasteiger partial charge on any atom is -0.316 e. The Bertz CT molecular complexity index is 508. The Kier molecular flexibility index (Phi) is 2.84. The van der Waals surface area contributed by atoms with E-state index in [1.165, 1.54) is 16.7 Å². The van der Waals surface area contributed by atoms with Crippen molar-refractivity contribution in [1.82, 2.24) is 15.3 Å². The molecule has 2 heterocycles. The standard InChI is InChI=1S/C14H15N3/c1-2-13(14-10-16-7-8-17-14)9-12-4-6-15-5-3-11(1)12/h1-2,7-10,15H,3-6H2. The molecule has 17 heavy (non-hydrogen) atoms. The summed E-state index contributed by atoms with van der Waals surface area (Å²) in [6.45, 7) is 2.15. The number of aromatic nitrogens is 2. The van der Waals surface area contributed by atoms with Crippen molar-refractivity contribution >= 4 is 0 Å². The molecule has 0 atom stereocenters. The van der Waals surface area contributed by atoms with Crippen molar-refractivity contribution in [2.24, 2.45) is 0 Å². The van der Waals surface area contributed by atoms with Gasteiger partial charge in [0.15, 0.2) is 0 Å². The van der Waals surface area contributed by atoms with E-state index in [1.807, 2.05) is 6.20 Å². The van der Waals surface area contributed by atoms with Gasteiger partial charge in [-0.05, 0) is 43.1 Å². The van der Waals surface area contributed by atoms with Gasteiger partial charge < -0.3 is 5.32 Å². The van der Waals surface area contributed by atoms with E-state index in [-0.39, 0.29) is 0 Å². The van der Waals surface area contributed by atoms with Crippen LogP contribution in [-0.4, -0.2) is 23.1 Å². The van der Waals surface area contributed by atoms with Gasteiger partial charge in [-0.15, -0.1) is 0 Å². The lowest BCUT2D eigenvalue weighted by atomic mass is 9.99. The molecule has 0 saturated carbocycles. The molecule has 3 rings (SSSR count). The molecule has 0 spiro atoms. The molecule has 3 heteroatoms. The summed E-state index contributed by atoms with van der Waals surface area (Å²) in [5.74, 6) is 0. The molecule has 0 aliphatic carbocycles. The Balaban J connectivity index is 2.00. The highest BCUT2D eigenvalue weighted by Crippen LogP contribution is 2.21. The number of benzene rings is 1. The van der Waals surface area contributed by atoms with E-state index in [2.05, 4.69) is 33.5 Å². The molecule has 1 aromatic carbocycles. The molecule has 0 amide bonds. The number of rotatable bonds is 1. The lowest BCUT2D eigenvalue weighted by Crippen LogP contribution is -2.16. The summed E-state index contributed by atoms with van der Waals surface area (Å²) in [5.41, 5.74) is 5.02. The largest absolute Gasteiger partial charge is 0.316 e. The van der Waals surface area contributed by atoms with Crippen molar-refractivity contribution < 1.29 is 0 Å². The molecule has 1 aromatic heterocycles. The van der Waals surface area contributed by atoms with E-state index >= 15 is 0 Å². The van der Waals surface area contributed by atoms with Crippen LogP contribution in [0.25, 0.3) is 11.3 Å². The first kappa shape index (κ1) is 10.4. The van der Waals surface area contributed by atoms with Gasteiger partial charge in [0.2, 0.25) is 0 Å². The van der Waals surface area contributed by atoms with Crippen LogP contribution in [-0.2, 0) is 12.8 Å². The van der Waals surface area contributed by atoms with Crippen LogP contribution in [0.1, 0.15) is 11.1 Å². The van der Waals surface area contributed by atoms with Gasteiger partial charge >= 0.3 is 0 Å². The first-order valence-corrected chi connectivity index (χ1v) is 6.02. The van der Waals surface area contributed by atoms with Crippen molar-refractivity contribution in [3.05, 3.63) is 47.9 Å². The topological polar surface area (TPSA) is 37.8 Å². The molecule has 0 saturated heterocycles. The van der Waals surface area contributed by atoms with E-state index in [0.29, 0.717) is 0 Å². The summed E-state index contributed by atoms with van der Waals surface area (Å²) in [5, 5.41) is 3.43. The maximum absolute atomic E-state index is 4.34. The molecule has 0 unspecified atom stereocenters. The smallest absolute Gasteiger partial charge is 0.0885 e. The third-order valence-corrected chi connectivity index (χ3v) is 3.21. The molecular weight excluding hydrogens is 210 g/mol. The first-order valence-electron chi connectivity index (χ1n) is 6.02. The fraction of sp³-hybridized carbons (Fsp3) is 0.286. The van der Waals surface area contributed by atoms with Gasteiger partial charge in [0, 0.05) is 18.0 Å². The van der Waals surface area contributed by atoms with Crippen molar-refractivity contribution in [2.45, 2.75) is 12.8 Å². The van der Waals surface area contributed by atoms with Gasteiger partial charge in [0.25, 0.3) is 0 Å². The average molecular weight is 225 g/mol. The quantitative estimate of drug-likeness (QED) is 0.804. The van der Waals surface area contributed by atoms with E-state index in [0.717, 1.165) is 31.6 Å². The minimum atomic E-state index is 0.951. The second-order valence-corrected chi connectivity index (χ2v) is 4.32. The fourth-order valence-corrected chi connectivity index (χ4v) is 2.28. The van der Waals surface area contributed by atoms with Crippen LogP contribution in [0.3, 0.4) is 0 Å². The lowest BCUT2D eigenvalue weighted by Gasteiger charge is -2.07. The number of nitrogens with one attached hydrogen (secondary N) is 1. The molecule has 0 fully saturated rings. The van der Waals surface area contributed by atoms with Crippen molar-refractivity contribution in [2.75, 3.05) is 13.1 Å². The predicted octanol–water partition coefficient (Wildman–Crippen LogP) is 1.83. The van der Waals surface area contributed by atoms with Crippen molar-refractivity contribution in [3.63, 3.8) is 0 Å². The SMILES string of the molecule is c1cnc(-c2ccc3c(c2)CCNCC3)cn1. The van der Waals surface area contributed by atoms with Crippen molar-refractivity contribution in [3.8, 4) is 11.3 Å². The van der Waals surface area contributed by atoms with Gasteiger partial charge in [-0.1, -0.05) is 12.1 Å². The van der Waals surface area contributed by atoms with Crippen LogP contribution < -0.4 is 5.32 Å². The van der Waals surface area contributed by atoms with E-state index in [1.54, 1.807) is 12.4 Å². The number of nitrogens with zero attached hydrogens (tertiary/aromatic N) is 2. The molecule has 0 bridgehead atoms. The van der Waals surface area contributed by atoms with Gasteiger partial charge in [0.05, 0.1) is 11.9 Å². The van der Waals surface area contributed by atoms with Crippen LogP contribution >= 0.6 is 0 Å². The van der Waals surface area contributed by atoms with Crippen LogP contribution in [0.2, 0.25) is 0 Å². The molecule has 1 aliphatic heterocycles. The molecule has 1 N–H and O–H groups in total. The van der Waals surface area contributed by atoms with E-state index < -0.39 is 0 Å². The van der Waals surface area contributed by atoms with Crippen LogP contribution in [0.15, 0.2) is 36.8 Å². The molecule has 86 valence electrons. The van der Waals surface area contributed by atoms with Gasteiger partial charge in [0.1, 0.15) is 0 Å². The molecule has 3 nitrogen and oxygen atoms in total. The Morgan fingerprint density at radius 1 is 1.00 bits per heavy atom. The summed E-state index contributed by atoms with van der Waals surface area (Å²) < 4.78 is 0. The summed E-state index contributed by atoms with van der Waals surface area (Å²) in [6, 6.07) is 6.63.